The molecule has 0 spiro atoms. The summed E-state index contributed by atoms with van der Waals surface area (Å²) in [6, 6.07) is 2.67. The van der Waals surface area contributed by atoms with Crippen molar-refractivity contribution in [2.24, 2.45) is 0 Å². The normalized spacial score (nSPS) is 17.2. The molecule has 2 amide bonds. The Labute approximate surface area is 96.0 Å². The van der Waals surface area contributed by atoms with Gasteiger partial charge < -0.3 is 0 Å². The number of sulfonamides is 1. The first-order chi connectivity index (χ1) is 7.84. The van der Waals surface area contributed by atoms with Crippen molar-refractivity contribution in [3.05, 3.63) is 28.3 Å². The fourth-order valence-corrected chi connectivity index (χ4v) is 2.78. The van der Waals surface area contributed by atoms with Crippen LogP contribution in [0.5, 0.6) is 0 Å². The van der Waals surface area contributed by atoms with Crippen LogP contribution < -0.4 is 9.62 Å². The number of amides is 2. The molecule has 0 atom stereocenters. The van der Waals surface area contributed by atoms with E-state index in [1.807, 2.05) is 0 Å². The molecule has 0 saturated carbocycles. The maximum absolute atomic E-state index is 11.6. The molecule has 1 aliphatic heterocycles. The number of hydrogen-bond donors (Lipinski definition) is 1. The number of rotatable bonds is 1. The van der Waals surface area contributed by atoms with Crippen LogP contribution in [0.25, 0.3) is 0 Å². The molecule has 1 heterocycles. The van der Waals surface area contributed by atoms with E-state index in [4.69, 9.17) is 0 Å². The maximum atomic E-state index is 11.6. The molecule has 1 aromatic carbocycles. The number of nitro benzene ring substituents is 1. The minimum atomic E-state index is -4.03. The average molecular weight is 257 g/mol. The third-order valence-electron chi connectivity index (χ3n) is 2.33. The van der Waals surface area contributed by atoms with Crippen molar-refractivity contribution in [3.63, 3.8) is 0 Å². The Morgan fingerprint density at radius 1 is 1.41 bits per heavy atom. The third kappa shape index (κ3) is 1.60. The van der Waals surface area contributed by atoms with Gasteiger partial charge in [0.1, 0.15) is 10.6 Å². The number of hydrogen-bond acceptors (Lipinski definition) is 5. The van der Waals surface area contributed by atoms with Gasteiger partial charge in [-0.3, -0.25) is 15.0 Å². The topological polar surface area (TPSA) is 110 Å². The Morgan fingerprint density at radius 3 is 2.65 bits per heavy atom. The number of fused-ring (bicyclic) bond motifs is 1. The minimum absolute atomic E-state index is 0.221. The van der Waals surface area contributed by atoms with Crippen molar-refractivity contribution < 1.29 is 18.1 Å². The van der Waals surface area contributed by atoms with Crippen LogP contribution in [0.4, 0.5) is 16.2 Å². The first-order valence-corrected chi connectivity index (χ1v) is 5.91. The molecule has 0 aliphatic carbocycles. The van der Waals surface area contributed by atoms with Crippen molar-refractivity contribution >= 4 is 27.4 Å². The van der Waals surface area contributed by atoms with Crippen molar-refractivity contribution in [3.8, 4) is 0 Å². The standard InChI is InChI=1S/C8H7N3O5S/c1-10-7-5(11(13)14)3-2-4-6(7)17(15,16)9-8(10)12/h2-4H,1H3,(H,9,12). The summed E-state index contributed by atoms with van der Waals surface area (Å²) in [6.45, 7) is 0. The molecule has 0 unspecified atom stereocenters. The summed E-state index contributed by atoms with van der Waals surface area (Å²) in [6.07, 6.45) is 0. The number of nitro groups is 1. The second-order valence-electron chi connectivity index (χ2n) is 3.35. The molecule has 1 aromatic rings. The average Bonchev–Trinajstić information content (AvgIpc) is 2.24. The van der Waals surface area contributed by atoms with E-state index in [1.165, 1.54) is 19.2 Å². The molecular weight excluding hydrogens is 250 g/mol. The molecule has 0 saturated heterocycles. The summed E-state index contributed by atoms with van der Waals surface area (Å²) in [4.78, 5) is 22.0. The van der Waals surface area contributed by atoms with E-state index < -0.39 is 26.7 Å². The van der Waals surface area contributed by atoms with E-state index in [0.717, 1.165) is 11.0 Å². The molecule has 17 heavy (non-hydrogen) atoms. The highest BCUT2D eigenvalue weighted by molar-refractivity contribution is 7.90. The number of anilines is 1. The minimum Gasteiger partial charge on any atom is -0.289 e. The van der Waals surface area contributed by atoms with E-state index in [-0.39, 0.29) is 10.6 Å². The molecular formula is C8H7N3O5S. The fraction of sp³-hybridized carbons (Fsp3) is 0.125. The Kier molecular flexibility index (Phi) is 2.28. The number of nitrogens with one attached hydrogen (secondary N) is 1. The first-order valence-electron chi connectivity index (χ1n) is 4.42. The second-order valence-corrected chi connectivity index (χ2v) is 5.00. The number of para-hydroxylation sites is 1. The number of urea groups is 1. The van der Waals surface area contributed by atoms with Crippen molar-refractivity contribution in [2.45, 2.75) is 4.90 Å². The summed E-state index contributed by atoms with van der Waals surface area (Å²) in [5.74, 6) is 0. The van der Waals surface area contributed by atoms with E-state index >= 15 is 0 Å². The summed E-state index contributed by atoms with van der Waals surface area (Å²) in [5, 5.41) is 10.8. The van der Waals surface area contributed by atoms with Crippen LogP contribution in [0, 0.1) is 10.1 Å². The van der Waals surface area contributed by atoms with E-state index in [2.05, 4.69) is 0 Å². The Bertz CT molecular complexity index is 624. The lowest BCUT2D eigenvalue weighted by molar-refractivity contribution is -0.384. The highest BCUT2D eigenvalue weighted by atomic mass is 32.2. The molecule has 0 bridgehead atoms. The van der Waals surface area contributed by atoms with Crippen LogP contribution in [-0.4, -0.2) is 26.4 Å². The van der Waals surface area contributed by atoms with E-state index in [1.54, 1.807) is 4.72 Å². The molecule has 90 valence electrons. The van der Waals surface area contributed by atoms with Gasteiger partial charge in [0, 0.05) is 13.1 Å². The van der Waals surface area contributed by atoms with Gasteiger partial charge in [0.05, 0.1) is 4.92 Å². The number of nitrogens with zero attached hydrogens (tertiary/aromatic N) is 2. The zero-order valence-electron chi connectivity index (χ0n) is 8.58. The van der Waals surface area contributed by atoms with Crippen molar-refractivity contribution in [1.82, 2.24) is 4.72 Å². The lowest BCUT2D eigenvalue weighted by Gasteiger charge is -2.25. The molecule has 1 aliphatic rings. The summed E-state index contributed by atoms with van der Waals surface area (Å²) < 4.78 is 25.0. The molecule has 0 radical (unpaired) electrons. The number of carbonyl (C=O) groups is 1. The Balaban J connectivity index is 2.84. The zero-order valence-corrected chi connectivity index (χ0v) is 9.39. The quantitative estimate of drug-likeness (QED) is 0.580. The van der Waals surface area contributed by atoms with Crippen LogP contribution in [0.3, 0.4) is 0 Å². The van der Waals surface area contributed by atoms with Gasteiger partial charge in [0.2, 0.25) is 0 Å². The molecule has 2 rings (SSSR count). The van der Waals surface area contributed by atoms with Gasteiger partial charge in [0.15, 0.2) is 0 Å². The summed E-state index contributed by atoms with van der Waals surface area (Å²) in [7, 11) is -2.77. The number of benzene rings is 1. The second kappa shape index (κ2) is 3.42. The predicted molar refractivity (Wildman–Crippen MR) is 57.2 cm³/mol. The highest BCUT2D eigenvalue weighted by Gasteiger charge is 2.36. The monoisotopic (exact) mass is 257 g/mol. The summed E-state index contributed by atoms with van der Waals surface area (Å²) in [5.41, 5.74) is -0.648. The number of carbonyl (C=O) groups excluding carboxylic acids is 1. The van der Waals surface area contributed by atoms with Crippen LogP contribution in [0.15, 0.2) is 23.1 Å². The van der Waals surface area contributed by atoms with Crippen molar-refractivity contribution in [2.75, 3.05) is 11.9 Å². The van der Waals surface area contributed by atoms with Crippen LogP contribution in [-0.2, 0) is 10.0 Å². The highest BCUT2D eigenvalue weighted by Crippen LogP contribution is 2.36. The van der Waals surface area contributed by atoms with Gasteiger partial charge in [-0.05, 0) is 6.07 Å². The Morgan fingerprint density at radius 2 is 2.06 bits per heavy atom. The van der Waals surface area contributed by atoms with Gasteiger partial charge in [-0.1, -0.05) is 6.07 Å². The predicted octanol–water partition coefficient (Wildman–Crippen LogP) is 0.443. The van der Waals surface area contributed by atoms with Crippen molar-refractivity contribution in [1.29, 1.82) is 0 Å². The van der Waals surface area contributed by atoms with Gasteiger partial charge in [-0.2, -0.15) is 0 Å². The SMILES string of the molecule is CN1C(=O)NS(=O)(=O)c2cccc([N+](=O)[O-])c21. The van der Waals surface area contributed by atoms with E-state index in [9.17, 15) is 23.3 Å². The molecule has 0 aromatic heterocycles. The van der Waals surface area contributed by atoms with Gasteiger partial charge >= 0.3 is 6.03 Å². The van der Waals surface area contributed by atoms with Gasteiger partial charge in [-0.15, -0.1) is 0 Å². The van der Waals surface area contributed by atoms with Crippen LogP contribution in [0.2, 0.25) is 0 Å². The fourth-order valence-electron chi connectivity index (χ4n) is 1.55. The Hall–Kier alpha value is -2.16. The summed E-state index contributed by atoms with van der Waals surface area (Å²) >= 11 is 0. The molecule has 0 fully saturated rings. The largest absolute Gasteiger partial charge is 0.335 e. The maximum Gasteiger partial charge on any atom is 0.335 e. The van der Waals surface area contributed by atoms with Gasteiger partial charge in [0.25, 0.3) is 15.7 Å². The smallest absolute Gasteiger partial charge is 0.289 e. The third-order valence-corrected chi connectivity index (χ3v) is 3.68. The molecule has 1 N–H and O–H groups in total. The molecule has 8 nitrogen and oxygen atoms in total. The van der Waals surface area contributed by atoms with E-state index in [0.29, 0.717) is 0 Å². The zero-order chi connectivity index (χ0) is 12.8. The first kappa shape index (κ1) is 11.3. The van der Waals surface area contributed by atoms with Crippen LogP contribution >= 0.6 is 0 Å². The molecule has 9 heteroatoms. The van der Waals surface area contributed by atoms with Gasteiger partial charge in [-0.25, -0.2) is 17.9 Å². The lowest BCUT2D eigenvalue weighted by Crippen LogP contribution is -2.46. The van der Waals surface area contributed by atoms with Crippen LogP contribution in [0.1, 0.15) is 0 Å². The lowest BCUT2D eigenvalue weighted by atomic mass is 10.2.